The van der Waals surface area contributed by atoms with E-state index in [2.05, 4.69) is 38.2 Å². The van der Waals surface area contributed by atoms with Crippen LogP contribution < -0.4 is 0 Å². The van der Waals surface area contributed by atoms with Gasteiger partial charge in [-0.05, 0) is 64.2 Å². The number of esters is 1. The highest BCUT2D eigenvalue weighted by Crippen LogP contribution is 2.43. The number of hydrogen-bond donors (Lipinski definition) is 1. The van der Waals surface area contributed by atoms with Gasteiger partial charge in [0.1, 0.15) is 19.3 Å². The summed E-state index contributed by atoms with van der Waals surface area (Å²) in [6.07, 6.45) is 62.4. The number of phosphoric acid groups is 1. The molecule has 0 aromatic rings. The van der Waals surface area contributed by atoms with Crippen molar-refractivity contribution in [1.29, 1.82) is 0 Å². The number of allylic oxidation sites excluding steroid dienone is 4. The average Bonchev–Trinajstić information content (AvgIpc) is 3.29. The predicted molar refractivity (Wildman–Crippen MR) is 289 cm³/mol. The molecule has 1 N–H and O–H groups in total. The first kappa shape index (κ1) is 66.0. The fourth-order valence-corrected chi connectivity index (χ4v) is 9.23. The molecule has 0 aromatic heterocycles. The number of carbonyl (C=O) groups is 1. The normalized spacial score (nSPS) is 13.6. The van der Waals surface area contributed by atoms with Gasteiger partial charge in [-0.1, -0.05) is 237 Å². The zero-order chi connectivity index (χ0) is 49.0. The van der Waals surface area contributed by atoms with Crippen molar-refractivity contribution in [1.82, 2.24) is 0 Å². The number of quaternary nitrogens is 1. The molecule has 2 unspecified atom stereocenters. The number of nitrogens with zero attached hydrogens (tertiary/aromatic N) is 1. The average molecular weight is 970 g/mol. The zero-order valence-electron chi connectivity index (χ0n) is 45.4. The summed E-state index contributed by atoms with van der Waals surface area (Å²) in [5.41, 5.74) is 0. The lowest BCUT2D eigenvalue weighted by Gasteiger charge is -2.24. The molecule has 0 fully saturated rings. The van der Waals surface area contributed by atoms with E-state index < -0.39 is 13.9 Å². The Morgan fingerprint density at radius 3 is 1.13 bits per heavy atom. The summed E-state index contributed by atoms with van der Waals surface area (Å²) < 4.78 is 35.3. The van der Waals surface area contributed by atoms with Crippen molar-refractivity contribution in [3.05, 3.63) is 24.3 Å². The molecule has 0 aliphatic rings. The predicted octanol–water partition coefficient (Wildman–Crippen LogP) is 18.3. The molecule has 0 aliphatic heterocycles. The first-order valence-electron chi connectivity index (χ1n) is 29.1. The largest absolute Gasteiger partial charge is 0.472 e. The van der Waals surface area contributed by atoms with Gasteiger partial charge in [-0.2, -0.15) is 0 Å². The van der Waals surface area contributed by atoms with Crippen molar-refractivity contribution in [2.75, 3.05) is 54.1 Å². The zero-order valence-corrected chi connectivity index (χ0v) is 46.3. The third-order valence-corrected chi connectivity index (χ3v) is 14.0. The van der Waals surface area contributed by atoms with E-state index in [4.69, 9.17) is 18.5 Å². The Balaban J connectivity index is 4.04. The van der Waals surface area contributed by atoms with Crippen LogP contribution in [0.4, 0.5) is 0 Å². The molecule has 398 valence electrons. The summed E-state index contributed by atoms with van der Waals surface area (Å²) in [7, 11) is 1.68. The van der Waals surface area contributed by atoms with Crippen molar-refractivity contribution in [3.8, 4) is 0 Å². The van der Waals surface area contributed by atoms with E-state index in [0.29, 0.717) is 24.1 Å². The fraction of sp³-hybridized carbons (Fsp3) is 0.914. The third-order valence-electron chi connectivity index (χ3n) is 13.0. The standard InChI is InChI=1S/C58H114NO7P/c1-6-8-10-12-14-16-18-20-22-24-26-28-29-30-32-34-36-38-40-42-44-46-48-50-53-63-55-57(56-65-67(61,62)64-54-52-59(3,4)5)66-58(60)51-49-47-45-43-41-39-37-35-33-31-27-25-23-21-19-17-15-13-11-9-7-2/h24-27,57H,6-23,28-56H2,1-5H3/p+1/b26-24-,27-25-. The van der Waals surface area contributed by atoms with Crippen LogP contribution in [0.1, 0.15) is 284 Å². The quantitative estimate of drug-likeness (QED) is 0.0213. The van der Waals surface area contributed by atoms with E-state index in [1.807, 2.05) is 21.1 Å². The molecule has 0 bridgehead atoms. The third kappa shape index (κ3) is 55.8. The Kier molecular flexibility index (Phi) is 50.6. The highest BCUT2D eigenvalue weighted by atomic mass is 31.2. The molecule has 67 heavy (non-hydrogen) atoms. The number of carbonyl (C=O) groups excluding carboxylic acids is 1. The number of rotatable bonds is 55. The van der Waals surface area contributed by atoms with Gasteiger partial charge in [0.05, 0.1) is 34.4 Å². The Labute approximate surface area is 417 Å². The van der Waals surface area contributed by atoms with Crippen molar-refractivity contribution >= 4 is 13.8 Å². The van der Waals surface area contributed by atoms with Gasteiger partial charge in [0.15, 0.2) is 0 Å². The van der Waals surface area contributed by atoms with Gasteiger partial charge in [-0.25, -0.2) is 4.57 Å². The minimum atomic E-state index is -4.28. The molecule has 0 radical (unpaired) electrons. The molecule has 0 saturated heterocycles. The SMILES string of the molecule is CCCCCCCCCC/C=C\CCCCCCCCCCCCCCOCC(COP(=O)(O)OCC[N+](C)(C)C)OC(=O)CCCCCCCCCCC/C=C\CCCCCCCCCC. The molecule has 0 rings (SSSR count). The van der Waals surface area contributed by atoms with E-state index in [1.165, 1.54) is 231 Å². The maximum atomic E-state index is 12.8. The van der Waals surface area contributed by atoms with Gasteiger partial charge in [-0.3, -0.25) is 13.8 Å². The van der Waals surface area contributed by atoms with Gasteiger partial charge in [0, 0.05) is 13.0 Å². The summed E-state index contributed by atoms with van der Waals surface area (Å²) in [5.74, 6) is -0.310. The van der Waals surface area contributed by atoms with Crippen molar-refractivity contribution < 1.29 is 37.3 Å². The summed E-state index contributed by atoms with van der Waals surface area (Å²) in [6.45, 7) is 5.68. The second-order valence-electron chi connectivity index (χ2n) is 21.0. The number of ether oxygens (including phenoxy) is 2. The minimum Gasteiger partial charge on any atom is -0.457 e. The fourth-order valence-electron chi connectivity index (χ4n) is 8.49. The topological polar surface area (TPSA) is 91.3 Å². The number of phosphoric ester groups is 1. The van der Waals surface area contributed by atoms with Crippen molar-refractivity contribution in [2.45, 2.75) is 290 Å². The van der Waals surface area contributed by atoms with E-state index in [0.717, 1.165) is 32.1 Å². The molecule has 0 aromatic carbocycles. The second-order valence-corrected chi connectivity index (χ2v) is 22.5. The molecule has 9 heteroatoms. The molecular weight excluding hydrogens is 854 g/mol. The summed E-state index contributed by atoms with van der Waals surface area (Å²) in [5, 5.41) is 0. The van der Waals surface area contributed by atoms with Gasteiger partial charge in [0.25, 0.3) is 0 Å². The summed E-state index contributed by atoms with van der Waals surface area (Å²) >= 11 is 0. The molecule has 0 spiro atoms. The van der Waals surface area contributed by atoms with Gasteiger partial charge in [0.2, 0.25) is 0 Å². The molecule has 8 nitrogen and oxygen atoms in total. The molecule has 0 amide bonds. The Morgan fingerprint density at radius 2 is 0.776 bits per heavy atom. The first-order valence-corrected chi connectivity index (χ1v) is 30.6. The Bertz CT molecular complexity index is 1120. The van der Waals surface area contributed by atoms with Crippen LogP contribution in [0, 0.1) is 0 Å². The Morgan fingerprint density at radius 1 is 0.448 bits per heavy atom. The van der Waals surface area contributed by atoms with Crippen LogP contribution in [0.15, 0.2) is 24.3 Å². The van der Waals surface area contributed by atoms with Crippen LogP contribution in [0.5, 0.6) is 0 Å². The van der Waals surface area contributed by atoms with Crippen LogP contribution in [0.2, 0.25) is 0 Å². The summed E-state index contributed by atoms with van der Waals surface area (Å²) in [6, 6.07) is 0. The molecule has 2 atom stereocenters. The lowest BCUT2D eigenvalue weighted by Crippen LogP contribution is -2.37. The maximum Gasteiger partial charge on any atom is 0.472 e. The lowest BCUT2D eigenvalue weighted by molar-refractivity contribution is -0.870. The molecule has 0 heterocycles. The maximum absolute atomic E-state index is 12.8. The van der Waals surface area contributed by atoms with Gasteiger partial charge in [-0.15, -0.1) is 0 Å². The van der Waals surface area contributed by atoms with Crippen LogP contribution in [-0.4, -0.2) is 75.6 Å². The van der Waals surface area contributed by atoms with Crippen molar-refractivity contribution in [3.63, 3.8) is 0 Å². The van der Waals surface area contributed by atoms with E-state index in [-0.39, 0.29) is 25.8 Å². The van der Waals surface area contributed by atoms with E-state index in [9.17, 15) is 14.3 Å². The smallest absolute Gasteiger partial charge is 0.457 e. The van der Waals surface area contributed by atoms with Crippen LogP contribution in [0.25, 0.3) is 0 Å². The monoisotopic (exact) mass is 969 g/mol. The first-order chi connectivity index (χ1) is 32.6. The number of hydrogen-bond acceptors (Lipinski definition) is 6. The highest BCUT2D eigenvalue weighted by molar-refractivity contribution is 7.47. The van der Waals surface area contributed by atoms with Gasteiger partial charge < -0.3 is 18.9 Å². The molecule has 0 aliphatic carbocycles. The number of likely N-dealkylation sites (N-methyl/N-ethyl adjacent to an activating group) is 1. The summed E-state index contributed by atoms with van der Waals surface area (Å²) in [4.78, 5) is 23.1. The van der Waals surface area contributed by atoms with Crippen molar-refractivity contribution in [2.24, 2.45) is 0 Å². The van der Waals surface area contributed by atoms with E-state index in [1.54, 1.807) is 0 Å². The Hall–Kier alpha value is -1.02. The van der Waals surface area contributed by atoms with Crippen LogP contribution >= 0.6 is 7.82 Å². The second kappa shape index (κ2) is 51.3. The minimum absolute atomic E-state index is 0.0903. The molecule has 0 saturated carbocycles. The highest BCUT2D eigenvalue weighted by Gasteiger charge is 2.26. The lowest BCUT2D eigenvalue weighted by atomic mass is 10.0. The molecular formula is C58H115NO7P+. The van der Waals surface area contributed by atoms with Crippen LogP contribution in [0.3, 0.4) is 0 Å². The van der Waals surface area contributed by atoms with Gasteiger partial charge >= 0.3 is 13.8 Å². The van der Waals surface area contributed by atoms with Crippen LogP contribution in [-0.2, 0) is 27.9 Å². The number of unbranched alkanes of at least 4 members (excludes halogenated alkanes) is 37. The van der Waals surface area contributed by atoms with E-state index >= 15 is 0 Å².